The Kier molecular flexibility index (Phi) is 5.84. The van der Waals surface area contributed by atoms with Gasteiger partial charge in [0.1, 0.15) is 5.56 Å². The summed E-state index contributed by atoms with van der Waals surface area (Å²) in [6, 6.07) is 7.15. The Morgan fingerprint density at radius 3 is 2.65 bits per heavy atom. The van der Waals surface area contributed by atoms with Gasteiger partial charge in [-0.2, -0.15) is 0 Å². The predicted molar refractivity (Wildman–Crippen MR) is 102 cm³/mol. The smallest absolute Gasteiger partial charge is 0.259 e. The lowest BCUT2D eigenvalue weighted by Gasteiger charge is -2.25. The summed E-state index contributed by atoms with van der Waals surface area (Å²) in [6.07, 6.45) is 4.21. The zero-order valence-corrected chi connectivity index (χ0v) is 15.9. The average molecular weight is 378 g/mol. The molecule has 1 amide bonds. The fourth-order valence-electron chi connectivity index (χ4n) is 3.31. The van der Waals surface area contributed by atoms with Gasteiger partial charge in [0, 0.05) is 29.8 Å². The number of rotatable bonds is 7. The highest BCUT2D eigenvalue weighted by Gasteiger charge is 2.33. The van der Waals surface area contributed by atoms with Crippen LogP contribution in [0.1, 0.15) is 43.0 Å². The van der Waals surface area contributed by atoms with Crippen molar-refractivity contribution in [2.24, 2.45) is 0 Å². The van der Waals surface area contributed by atoms with E-state index in [4.69, 9.17) is 20.9 Å². The Hall–Kier alpha value is -2.05. The van der Waals surface area contributed by atoms with Gasteiger partial charge < -0.3 is 19.9 Å². The highest BCUT2D eigenvalue weighted by atomic mass is 35.5. The Morgan fingerprint density at radius 1 is 1.31 bits per heavy atom. The van der Waals surface area contributed by atoms with Crippen LogP contribution in [-0.4, -0.2) is 36.9 Å². The van der Waals surface area contributed by atoms with E-state index in [1.54, 1.807) is 19.2 Å². The zero-order chi connectivity index (χ0) is 18.6. The summed E-state index contributed by atoms with van der Waals surface area (Å²) in [5.74, 6) is 0.673. The molecular weight excluding hydrogens is 354 g/mol. The molecule has 140 valence electrons. The standard InChI is InChI=1S/C19H24ClN3O3/c1-19(9-3-4-10-19)22-18(24)15-16(13-5-7-14(20)8-6-13)26-23-17(15)21-11-12-25-2/h5-8H,3-4,9-12H2,1-2H3,(H,21,23)(H,22,24). The van der Waals surface area contributed by atoms with Gasteiger partial charge in [0.15, 0.2) is 11.6 Å². The third-order valence-corrected chi connectivity index (χ3v) is 5.00. The lowest BCUT2D eigenvalue weighted by molar-refractivity contribution is 0.0909. The van der Waals surface area contributed by atoms with E-state index in [1.165, 1.54) is 0 Å². The van der Waals surface area contributed by atoms with Crippen LogP contribution in [0, 0.1) is 0 Å². The van der Waals surface area contributed by atoms with Crippen LogP contribution in [0.5, 0.6) is 0 Å². The molecule has 0 spiro atoms. The van der Waals surface area contributed by atoms with Crippen molar-refractivity contribution >= 4 is 23.3 Å². The van der Waals surface area contributed by atoms with Crippen LogP contribution < -0.4 is 10.6 Å². The number of nitrogens with one attached hydrogen (secondary N) is 2. The highest BCUT2D eigenvalue weighted by molar-refractivity contribution is 6.30. The summed E-state index contributed by atoms with van der Waals surface area (Å²) < 4.78 is 10.6. The van der Waals surface area contributed by atoms with Crippen molar-refractivity contribution in [2.75, 3.05) is 25.6 Å². The molecule has 0 aliphatic heterocycles. The molecule has 1 aromatic heterocycles. The van der Waals surface area contributed by atoms with E-state index in [1.807, 2.05) is 12.1 Å². The van der Waals surface area contributed by atoms with Gasteiger partial charge >= 0.3 is 0 Å². The Bertz CT molecular complexity index is 752. The summed E-state index contributed by atoms with van der Waals surface area (Å²) in [6.45, 7) is 3.12. The number of benzene rings is 1. The van der Waals surface area contributed by atoms with E-state index in [9.17, 15) is 4.79 Å². The Morgan fingerprint density at radius 2 is 2.00 bits per heavy atom. The van der Waals surface area contributed by atoms with Crippen molar-refractivity contribution in [2.45, 2.75) is 38.1 Å². The first-order valence-electron chi connectivity index (χ1n) is 8.83. The topological polar surface area (TPSA) is 76.4 Å². The largest absolute Gasteiger partial charge is 0.383 e. The molecule has 0 atom stereocenters. The van der Waals surface area contributed by atoms with Crippen molar-refractivity contribution in [1.82, 2.24) is 10.5 Å². The molecule has 2 N–H and O–H groups in total. The number of anilines is 1. The van der Waals surface area contributed by atoms with Crippen LogP contribution in [0.15, 0.2) is 28.8 Å². The predicted octanol–water partition coefficient (Wildman–Crippen LogP) is 4.12. The van der Waals surface area contributed by atoms with E-state index in [0.29, 0.717) is 35.3 Å². The molecule has 3 rings (SSSR count). The molecule has 0 bridgehead atoms. The van der Waals surface area contributed by atoms with Crippen LogP contribution in [0.2, 0.25) is 5.02 Å². The third-order valence-electron chi connectivity index (χ3n) is 4.75. The number of amides is 1. The van der Waals surface area contributed by atoms with E-state index in [0.717, 1.165) is 31.2 Å². The summed E-state index contributed by atoms with van der Waals surface area (Å²) in [7, 11) is 1.62. The molecule has 1 aliphatic rings. The summed E-state index contributed by atoms with van der Waals surface area (Å²) in [4.78, 5) is 13.1. The van der Waals surface area contributed by atoms with E-state index >= 15 is 0 Å². The first kappa shape index (κ1) is 18.7. The number of carbonyl (C=O) groups is 1. The molecule has 0 saturated heterocycles. The molecule has 1 fully saturated rings. The van der Waals surface area contributed by atoms with Crippen LogP contribution in [-0.2, 0) is 4.74 Å². The van der Waals surface area contributed by atoms with Gasteiger partial charge in [0.2, 0.25) is 0 Å². The van der Waals surface area contributed by atoms with Gasteiger partial charge in [-0.25, -0.2) is 0 Å². The monoisotopic (exact) mass is 377 g/mol. The van der Waals surface area contributed by atoms with Crippen LogP contribution in [0.25, 0.3) is 11.3 Å². The quantitative estimate of drug-likeness (QED) is 0.710. The molecule has 7 heteroatoms. The molecule has 2 aromatic rings. The number of halogens is 1. The lowest BCUT2D eigenvalue weighted by atomic mass is 9.99. The molecule has 26 heavy (non-hydrogen) atoms. The van der Waals surface area contributed by atoms with Gasteiger partial charge in [-0.1, -0.05) is 29.6 Å². The van der Waals surface area contributed by atoms with Gasteiger partial charge in [0.25, 0.3) is 5.91 Å². The number of hydrogen-bond acceptors (Lipinski definition) is 5. The number of carbonyl (C=O) groups excluding carboxylic acids is 1. The molecule has 0 unspecified atom stereocenters. The maximum Gasteiger partial charge on any atom is 0.259 e. The molecule has 1 heterocycles. The zero-order valence-electron chi connectivity index (χ0n) is 15.1. The van der Waals surface area contributed by atoms with E-state index < -0.39 is 0 Å². The molecule has 0 radical (unpaired) electrons. The molecule has 1 saturated carbocycles. The minimum atomic E-state index is -0.185. The summed E-state index contributed by atoms with van der Waals surface area (Å²) in [5, 5.41) is 11.0. The molecule has 1 aliphatic carbocycles. The third kappa shape index (κ3) is 4.19. The molecule has 6 nitrogen and oxygen atoms in total. The second kappa shape index (κ2) is 8.10. The number of hydrogen-bond donors (Lipinski definition) is 2. The molecule has 1 aromatic carbocycles. The lowest BCUT2D eigenvalue weighted by Crippen LogP contribution is -2.43. The summed E-state index contributed by atoms with van der Waals surface area (Å²) in [5.41, 5.74) is 0.982. The first-order chi connectivity index (χ1) is 12.5. The number of ether oxygens (including phenoxy) is 1. The second-order valence-electron chi connectivity index (χ2n) is 6.88. The molecular formula is C19H24ClN3O3. The van der Waals surface area contributed by atoms with Gasteiger partial charge in [-0.05, 0) is 44.0 Å². The number of nitrogens with zero attached hydrogens (tertiary/aromatic N) is 1. The minimum absolute atomic E-state index is 0.180. The Labute approximate surface area is 158 Å². The van der Waals surface area contributed by atoms with Gasteiger partial charge in [-0.3, -0.25) is 4.79 Å². The van der Waals surface area contributed by atoms with Crippen molar-refractivity contribution in [3.63, 3.8) is 0 Å². The minimum Gasteiger partial charge on any atom is -0.383 e. The fraction of sp³-hybridized carbons (Fsp3) is 0.474. The summed E-state index contributed by atoms with van der Waals surface area (Å²) >= 11 is 5.97. The van der Waals surface area contributed by atoms with E-state index in [-0.39, 0.29) is 11.4 Å². The average Bonchev–Trinajstić information content (AvgIpc) is 3.22. The highest BCUT2D eigenvalue weighted by Crippen LogP contribution is 2.33. The maximum absolute atomic E-state index is 13.1. The second-order valence-corrected chi connectivity index (χ2v) is 7.32. The van der Waals surface area contributed by atoms with Crippen molar-refractivity contribution in [3.8, 4) is 11.3 Å². The van der Waals surface area contributed by atoms with E-state index in [2.05, 4.69) is 22.7 Å². The van der Waals surface area contributed by atoms with Crippen molar-refractivity contribution < 1.29 is 14.1 Å². The number of methoxy groups -OCH3 is 1. The maximum atomic E-state index is 13.1. The normalized spacial score (nSPS) is 15.8. The van der Waals surface area contributed by atoms with Crippen molar-refractivity contribution in [3.05, 3.63) is 34.9 Å². The van der Waals surface area contributed by atoms with Crippen LogP contribution >= 0.6 is 11.6 Å². The van der Waals surface area contributed by atoms with Crippen LogP contribution in [0.3, 0.4) is 0 Å². The van der Waals surface area contributed by atoms with Gasteiger partial charge in [0.05, 0.1) is 6.61 Å². The van der Waals surface area contributed by atoms with Crippen LogP contribution in [0.4, 0.5) is 5.82 Å². The fourth-order valence-corrected chi connectivity index (χ4v) is 3.43. The van der Waals surface area contributed by atoms with Gasteiger partial charge in [-0.15, -0.1) is 0 Å². The SMILES string of the molecule is COCCNc1noc(-c2ccc(Cl)cc2)c1C(=O)NC1(C)CCCC1. The Balaban J connectivity index is 1.91. The van der Waals surface area contributed by atoms with Crippen molar-refractivity contribution in [1.29, 1.82) is 0 Å². The number of aromatic nitrogens is 1. The first-order valence-corrected chi connectivity index (χ1v) is 9.21.